The first-order chi connectivity index (χ1) is 11.2. The summed E-state index contributed by atoms with van der Waals surface area (Å²) < 4.78 is 8.56. The first kappa shape index (κ1) is 15.2. The van der Waals surface area contributed by atoms with Crippen molar-refractivity contribution in [2.75, 3.05) is 6.61 Å². The van der Waals surface area contributed by atoms with Crippen LogP contribution in [-0.4, -0.2) is 31.1 Å². The van der Waals surface area contributed by atoms with Gasteiger partial charge in [-0.1, -0.05) is 17.7 Å². The van der Waals surface area contributed by atoms with E-state index in [0.717, 1.165) is 31.6 Å². The number of nitrogens with zero attached hydrogens (tertiary/aromatic N) is 5. The van der Waals surface area contributed by atoms with Crippen LogP contribution in [0.1, 0.15) is 25.5 Å². The normalized spacial score (nSPS) is 18.4. The maximum absolute atomic E-state index is 6.28. The quantitative estimate of drug-likeness (QED) is 0.343. The van der Waals surface area contributed by atoms with Crippen LogP contribution < -0.4 is 0 Å². The summed E-state index contributed by atoms with van der Waals surface area (Å²) in [6.45, 7) is 0.738. The van der Waals surface area contributed by atoms with Crippen LogP contribution >= 0.6 is 34.2 Å². The van der Waals surface area contributed by atoms with Crippen molar-refractivity contribution in [2.45, 2.75) is 25.5 Å². The highest BCUT2D eigenvalue weighted by molar-refractivity contribution is 14.1. The van der Waals surface area contributed by atoms with Gasteiger partial charge in [0, 0.05) is 35.4 Å². The summed E-state index contributed by atoms with van der Waals surface area (Å²) in [5.41, 5.74) is 2.05. The van der Waals surface area contributed by atoms with Gasteiger partial charge in [-0.05, 0) is 31.4 Å². The Kier molecular flexibility index (Phi) is 4.16. The molecular formula is C15H13ClIN5O. The van der Waals surface area contributed by atoms with Crippen molar-refractivity contribution in [2.24, 2.45) is 0 Å². The summed E-state index contributed by atoms with van der Waals surface area (Å²) in [5.74, 6) is 0.714. The third-order valence-corrected chi connectivity index (χ3v) is 4.55. The predicted octanol–water partition coefficient (Wildman–Crippen LogP) is 3.85. The minimum atomic E-state index is -0.104. The van der Waals surface area contributed by atoms with Crippen LogP contribution in [0.2, 0.25) is 5.15 Å². The minimum Gasteiger partial charge on any atom is -0.358 e. The van der Waals surface area contributed by atoms with Gasteiger partial charge in [-0.25, -0.2) is 15.0 Å². The van der Waals surface area contributed by atoms with E-state index in [1.807, 2.05) is 22.8 Å². The first-order valence-electron chi connectivity index (χ1n) is 7.38. The number of ether oxygens (including phenoxy) is 1. The number of hydrogen-bond acceptors (Lipinski definition) is 5. The van der Waals surface area contributed by atoms with E-state index >= 15 is 0 Å². The van der Waals surface area contributed by atoms with Crippen LogP contribution in [0.3, 0.4) is 0 Å². The molecule has 8 heteroatoms. The molecule has 0 aromatic carbocycles. The fourth-order valence-corrected chi connectivity index (χ4v) is 3.61. The maximum Gasteiger partial charge on any atom is 0.194 e. The molecule has 0 spiro atoms. The Labute approximate surface area is 151 Å². The molecule has 1 atom stereocenters. The smallest absolute Gasteiger partial charge is 0.194 e. The number of pyridine rings is 1. The van der Waals surface area contributed by atoms with Crippen LogP contribution in [0.15, 0.2) is 24.4 Å². The summed E-state index contributed by atoms with van der Waals surface area (Å²) >= 11 is 8.34. The van der Waals surface area contributed by atoms with E-state index in [0.29, 0.717) is 26.0 Å². The number of halogens is 2. The number of imidazole rings is 1. The highest BCUT2D eigenvalue weighted by Gasteiger charge is 2.26. The average Bonchev–Trinajstić information content (AvgIpc) is 2.96. The van der Waals surface area contributed by atoms with E-state index in [1.165, 1.54) is 0 Å². The molecule has 0 aliphatic carbocycles. The molecule has 23 heavy (non-hydrogen) atoms. The lowest BCUT2D eigenvalue weighted by Gasteiger charge is -2.25. The van der Waals surface area contributed by atoms with Crippen molar-refractivity contribution >= 4 is 45.4 Å². The van der Waals surface area contributed by atoms with Crippen molar-refractivity contribution in [3.05, 3.63) is 33.4 Å². The van der Waals surface area contributed by atoms with Crippen molar-refractivity contribution in [1.29, 1.82) is 0 Å². The Morgan fingerprint density at radius 2 is 2.13 bits per heavy atom. The van der Waals surface area contributed by atoms with E-state index in [-0.39, 0.29) is 6.23 Å². The average molecular weight is 442 g/mol. The largest absolute Gasteiger partial charge is 0.358 e. The SMILES string of the molecule is Clc1nc(I)nc2c1nc(-c1ccccn1)n2C1CCCCO1. The Balaban J connectivity index is 1.98. The van der Waals surface area contributed by atoms with Gasteiger partial charge in [0.15, 0.2) is 20.5 Å². The van der Waals surface area contributed by atoms with Gasteiger partial charge in [0.05, 0.1) is 0 Å². The Morgan fingerprint density at radius 3 is 2.87 bits per heavy atom. The summed E-state index contributed by atoms with van der Waals surface area (Å²) in [6, 6.07) is 5.74. The van der Waals surface area contributed by atoms with Crippen LogP contribution in [0.25, 0.3) is 22.7 Å². The summed E-state index contributed by atoms with van der Waals surface area (Å²) in [4.78, 5) is 17.8. The molecule has 0 N–H and O–H groups in total. The Morgan fingerprint density at radius 1 is 1.22 bits per heavy atom. The van der Waals surface area contributed by atoms with Gasteiger partial charge in [0.1, 0.15) is 17.4 Å². The predicted molar refractivity (Wildman–Crippen MR) is 95.1 cm³/mol. The van der Waals surface area contributed by atoms with Gasteiger partial charge >= 0.3 is 0 Å². The number of fused-ring (bicyclic) bond motifs is 1. The van der Waals surface area contributed by atoms with E-state index in [1.54, 1.807) is 6.20 Å². The monoisotopic (exact) mass is 441 g/mol. The Bertz CT molecular complexity index is 848. The van der Waals surface area contributed by atoms with Gasteiger partial charge in [0.25, 0.3) is 0 Å². The molecule has 1 saturated heterocycles. The highest BCUT2D eigenvalue weighted by Crippen LogP contribution is 2.33. The summed E-state index contributed by atoms with van der Waals surface area (Å²) in [6.07, 6.45) is 4.76. The summed E-state index contributed by atoms with van der Waals surface area (Å²) in [7, 11) is 0. The lowest BCUT2D eigenvalue weighted by molar-refractivity contribution is -0.0288. The van der Waals surface area contributed by atoms with Crippen molar-refractivity contribution in [3.8, 4) is 11.5 Å². The fraction of sp³-hybridized carbons (Fsp3) is 0.333. The summed E-state index contributed by atoms with van der Waals surface area (Å²) in [5, 5.41) is 0.353. The zero-order chi connectivity index (χ0) is 15.8. The molecule has 6 nitrogen and oxygen atoms in total. The molecular weight excluding hydrogens is 429 g/mol. The third kappa shape index (κ3) is 2.81. The van der Waals surface area contributed by atoms with Crippen LogP contribution in [-0.2, 0) is 4.74 Å². The highest BCUT2D eigenvalue weighted by atomic mass is 127. The molecule has 4 rings (SSSR count). The van der Waals surface area contributed by atoms with E-state index in [2.05, 4.69) is 42.5 Å². The first-order valence-corrected chi connectivity index (χ1v) is 8.83. The second-order valence-corrected chi connectivity index (χ2v) is 6.62. The molecule has 1 aliphatic heterocycles. The number of rotatable bonds is 2. The second-order valence-electron chi connectivity index (χ2n) is 5.30. The zero-order valence-electron chi connectivity index (χ0n) is 12.1. The van der Waals surface area contributed by atoms with Crippen LogP contribution in [0, 0.1) is 3.83 Å². The molecule has 1 fully saturated rings. The van der Waals surface area contributed by atoms with Crippen molar-refractivity contribution in [1.82, 2.24) is 24.5 Å². The molecule has 1 aliphatic rings. The van der Waals surface area contributed by atoms with E-state index in [9.17, 15) is 0 Å². The lowest BCUT2D eigenvalue weighted by Crippen LogP contribution is -2.19. The number of aromatic nitrogens is 5. The lowest BCUT2D eigenvalue weighted by atomic mass is 10.2. The molecule has 0 saturated carbocycles. The van der Waals surface area contributed by atoms with Gasteiger partial charge in [-0.2, -0.15) is 0 Å². The molecule has 3 aromatic heterocycles. The Hall–Kier alpha value is -1.32. The van der Waals surface area contributed by atoms with Crippen LogP contribution in [0.4, 0.5) is 0 Å². The van der Waals surface area contributed by atoms with Gasteiger partial charge < -0.3 is 4.74 Å². The zero-order valence-corrected chi connectivity index (χ0v) is 15.0. The molecule has 1 unspecified atom stereocenters. The van der Waals surface area contributed by atoms with Gasteiger partial charge in [0.2, 0.25) is 0 Å². The van der Waals surface area contributed by atoms with E-state index < -0.39 is 0 Å². The molecule has 0 amide bonds. The standard InChI is InChI=1S/C15H13ClIN5O/c16-12-11-14(21-15(17)20-12)22(10-6-2-4-8-23-10)13(19-11)9-5-1-3-7-18-9/h1,3,5,7,10H,2,4,6,8H2. The molecule has 3 aromatic rings. The van der Waals surface area contributed by atoms with Gasteiger partial charge in [-0.3, -0.25) is 9.55 Å². The molecule has 0 radical (unpaired) electrons. The van der Waals surface area contributed by atoms with Crippen LogP contribution in [0.5, 0.6) is 0 Å². The molecule has 118 valence electrons. The van der Waals surface area contributed by atoms with Gasteiger partial charge in [-0.15, -0.1) is 0 Å². The third-order valence-electron chi connectivity index (χ3n) is 3.81. The topological polar surface area (TPSA) is 65.7 Å². The molecule has 0 bridgehead atoms. The van der Waals surface area contributed by atoms with Crippen molar-refractivity contribution < 1.29 is 4.74 Å². The van der Waals surface area contributed by atoms with E-state index in [4.69, 9.17) is 16.3 Å². The maximum atomic E-state index is 6.28. The molecule has 4 heterocycles. The number of hydrogen-bond donors (Lipinski definition) is 0. The minimum absolute atomic E-state index is 0.104. The fourth-order valence-electron chi connectivity index (χ4n) is 2.79. The van der Waals surface area contributed by atoms with Crippen molar-refractivity contribution in [3.63, 3.8) is 0 Å². The second kappa shape index (κ2) is 6.29.